The smallest absolute Gasteiger partial charge is 0.305 e. The SMILES string of the molecule is CCC/C=C\C/C=C\CCCCCCCC(=O)OCCCCCCCCCCCCC/C=C\C/C=C\CCCCCCCCCCCCCCCCCCCC(=O)NC(CO)C(O)/C=C/CCCCCCCCCCCCCCCC. The lowest BCUT2D eigenvalue weighted by Crippen LogP contribution is -2.45. The fraction of sp³-hybridized carbons (Fsp3) is 0.840. The molecule has 0 saturated heterocycles. The molecule has 81 heavy (non-hydrogen) atoms. The summed E-state index contributed by atoms with van der Waals surface area (Å²) in [5, 5.41) is 23.2. The zero-order chi connectivity index (χ0) is 58.5. The van der Waals surface area contributed by atoms with E-state index in [1.807, 2.05) is 6.08 Å². The second kappa shape index (κ2) is 70.0. The Morgan fingerprint density at radius 1 is 0.346 bits per heavy atom. The fourth-order valence-electron chi connectivity index (χ4n) is 11.0. The topological polar surface area (TPSA) is 95.9 Å². The number of ether oxygens (including phenoxy) is 1. The summed E-state index contributed by atoms with van der Waals surface area (Å²) in [5.41, 5.74) is 0. The van der Waals surface area contributed by atoms with Gasteiger partial charge < -0.3 is 20.3 Å². The molecule has 0 spiro atoms. The molecule has 0 saturated carbocycles. The number of esters is 1. The minimum Gasteiger partial charge on any atom is -0.466 e. The van der Waals surface area contributed by atoms with Crippen LogP contribution in [0.3, 0.4) is 0 Å². The van der Waals surface area contributed by atoms with Crippen LogP contribution < -0.4 is 5.32 Å². The van der Waals surface area contributed by atoms with E-state index >= 15 is 0 Å². The number of rotatable bonds is 67. The molecular formula is C75H139NO5. The lowest BCUT2D eigenvalue weighted by Gasteiger charge is -2.20. The normalized spacial score (nSPS) is 12.9. The van der Waals surface area contributed by atoms with Gasteiger partial charge in [-0.3, -0.25) is 9.59 Å². The van der Waals surface area contributed by atoms with Crippen molar-refractivity contribution in [1.82, 2.24) is 5.32 Å². The maximum absolute atomic E-state index is 12.5. The van der Waals surface area contributed by atoms with E-state index in [1.165, 1.54) is 295 Å². The summed E-state index contributed by atoms with van der Waals surface area (Å²) >= 11 is 0. The van der Waals surface area contributed by atoms with Crippen molar-refractivity contribution < 1.29 is 24.5 Å². The van der Waals surface area contributed by atoms with Gasteiger partial charge in [0, 0.05) is 12.8 Å². The number of aliphatic hydroxyl groups is 2. The molecule has 0 aliphatic heterocycles. The molecule has 2 unspecified atom stereocenters. The summed E-state index contributed by atoms with van der Waals surface area (Å²) in [6.07, 6.45) is 93.1. The third kappa shape index (κ3) is 66.6. The summed E-state index contributed by atoms with van der Waals surface area (Å²) in [4.78, 5) is 24.5. The molecule has 0 radical (unpaired) electrons. The van der Waals surface area contributed by atoms with E-state index < -0.39 is 12.1 Å². The van der Waals surface area contributed by atoms with Crippen molar-refractivity contribution >= 4 is 11.9 Å². The lowest BCUT2D eigenvalue weighted by atomic mass is 10.0. The molecule has 0 aromatic heterocycles. The number of unbranched alkanes of at least 4 members (excludes halogenated alkanes) is 48. The highest BCUT2D eigenvalue weighted by Crippen LogP contribution is 2.18. The van der Waals surface area contributed by atoms with Crippen LogP contribution in [0.4, 0.5) is 0 Å². The number of amides is 1. The Morgan fingerprint density at radius 3 is 0.988 bits per heavy atom. The molecule has 0 aromatic rings. The Balaban J connectivity index is 3.39. The standard InChI is InChI=1S/C75H139NO5/c1-3-5-7-9-11-13-15-17-18-40-44-47-51-55-59-63-67-73(78)72(71-77)76-74(79)68-64-60-56-52-48-45-41-38-36-34-32-30-28-26-24-22-20-19-21-23-25-27-29-31-33-35-37-39-42-46-50-54-58-62-66-70-81-75(80)69-65-61-57-53-49-43-16-14-12-10-8-6-4-2/h8,10,14,16,21,23,27,29,63,67,72-73,77-78H,3-7,9,11-13,15,17-20,22,24-26,28,30-62,64-66,68-71H2,1-2H3,(H,76,79)/b10-8-,16-14-,23-21-,29-27-,67-63+. The van der Waals surface area contributed by atoms with Crippen molar-refractivity contribution in [1.29, 1.82) is 0 Å². The second-order valence-electron chi connectivity index (χ2n) is 24.6. The summed E-state index contributed by atoms with van der Waals surface area (Å²) in [6.45, 7) is 4.85. The van der Waals surface area contributed by atoms with Crippen molar-refractivity contribution in [3.05, 3.63) is 60.8 Å². The highest BCUT2D eigenvalue weighted by atomic mass is 16.5. The predicted octanol–water partition coefficient (Wildman–Crippen LogP) is 23.4. The van der Waals surface area contributed by atoms with Gasteiger partial charge in [-0.25, -0.2) is 0 Å². The third-order valence-electron chi connectivity index (χ3n) is 16.5. The van der Waals surface area contributed by atoms with Gasteiger partial charge in [-0.1, -0.05) is 338 Å². The molecule has 0 fully saturated rings. The first-order valence-electron chi connectivity index (χ1n) is 36.1. The molecule has 0 aliphatic carbocycles. The minimum atomic E-state index is -0.844. The highest BCUT2D eigenvalue weighted by Gasteiger charge is 2.18. The van der Waals surface area contributed by atoms with Gasteiger partial charge in [-0.05, 0) is 89.9 Å². The van der Waals surface area contributed by atoms with Gasteiger partial charge in [-0.15, -0.1) is 0 Å². The number of carbonyl (C=O) groups excluding carboxylic acids is 2. The average molecular weight is 1130 g/mol. The number of carbonyl (C=O) groups is 2. The van der Waals surface area contributed by atoms with Gasteiger partial charge in [0.25, 0.3) is 0 Å². The molecule has 6 heteroatoms. The van der Waals surface area contributed by atoms with Gasteiger partial charge in [0.2, 0.25) is 5.91 Å². The number of allylic oxidation sites excluding steroid dienone is 9. The van der Waals surface area contributed by atoms with Gasteiger partial charge in [0.15, 0.2) is 0 Å². The molecule has 0 aromatic carbocycles. The molecule has 0 heterocycles. The Kier molecular flexibility index (Phi) is 67.9. The molecule has 0 aliphatic rings. The van der Waals surface area contributed by atoms with Crippen molar-refractivity contribution in [2.45, 2.75) is 392 Å². The number of nitrogens with one attached hydrogen (secondary N) is 1. The van der Waals surface area contributed by atoms with Crippen LogP contribution in [0, 0.1) is 0 Å². The molecule has 474 valence electrons. The van der Waals surface area contributed by atoms with Crippen LogP contribution in [0.25, 0.3) is 0 Å². The van der Waals surface area contributed by atoms with E-state index in [2.05, 4.69) is 67.8 Å². The number of hydrogen-bond donors (Lipinski definition) is 3. The Hall–Kier alpha value is -2.44. The summed E-state index contributed by atoms with van der Waals surface area (Å²) < 4.78 is 5.47. The maximum Gasteiger partial charge on any atom is 0.305 e. The van der Waals surface area contributed by atoms with Gasteiger partial charge >= 0.3 is 5.97 Å². The lowest BCUT2D eigenvalue weighted by molar-refractivity contribution is -0.143. The van der Waals surface area contributed by atoms with Gasteiger partial charge in [-0.2, -0.15) is 0 Å². The first-order valence-corrected chi connectivity index (χ1v) is 36.1. The van der Waals surface area contributed by atoms with Gasteiger partial charge in [0.05, 0.1) is 25.4 Å². The zero-order valence-corrected chi connectivity index (χ0v) is 54.3. The molecule has 0 rings (SSSR count). The van der Waals surface area contributed by atoms with E-state index in [9.17, 15) is 19.8 Å². The van der Waals surface area contributed by atoms with E-state index in [0.29, 0.717) is 19.4 Å². The summed E-state index contributed by atoms with van der Waals surface area (Å²) in [5.74, 6) is -0.0628. The fourth-order valence-corrected chi connectivity index (χ4v) is 11.0. The van der Waals surface area contributed by atoms with Crippen LogP contribution in [0.1, 0.15) is 380 Å². The Labute approximate surface area is 505 Å². The van der Waals surface area contributed by atoms with E-state index in [-0.39, 0.29) is 18.5 Å². The van der Waals surface area contributed by atoms with Crippen LogP contribution in [0.2, 0.25) is 0 Å². The molecule has 3 N–H and O–H groups in total. The first-order chi connectivity index (χ1) is 40.0. The van der Waals surface area contributed by atoms with E-state index in [1.54, 1.807) is 6.08 Å². The van der Waals surface area contributed by atoms with Crippen LogP contribution >= 0.6 is 0 Å². The number of hydrogen-bond acceptors (Lipinski definition) is 5. The monoisotopic (exact) mass is 1130 g/mol. The predicted molar refractivity (Wildman–Crippen MR) is 356 cm³/mol. The van der Waals surface area contributed by atoms with E-state index in [4.69, 9.17) is 4.74 Å². The van der Waals surface area contributed by atoms with E-state index in [0.717, 1.165) is 57.8 Å². The third-order valence-corrected chi connectivity index (χ3v) is 16.5. The highest BCUT2D eigenvalue weighted by molar-refractivity contribution is 5.76. The maximum atomic E-state index is 12.5. The van der Waals surface area contributed by atoms with Crippen LogP contribution in [-0.2, 0) is 14.3 Å². The van der Waals surface area contributed by atoms with Crippen molar-refractivity contribution in [3.63, 3.8) is 0 Å². The number of aliphatic hydroxyl groups excluding tert-OH is 2. The average Bonchev–Trinajstić information content (AvgIpc) is 3.47. The van der Waals surface area contributed by atoms with Crippen molar-refractivity contribution in [3.8, 4) is 0 Å². The molecular weight excluding hydrogens is 995 g/mol. The molecule has 6 nitrogen and oxygen atoms in total. The summed E-state index contributed by atoms with van der Waals surface area (Å²) in [7, 11) is 0. The van der Waals surface area contributed by atoms with Crippen LogP contribution in [0.5, 0.6) is 0 Å². The first kappa shape index (κ1) is 78.6. The van der Waals surface area contributed by atoms with Crippen LogP contribution in [0.15, 0.2) is 60.8 Å². The van der Waals surface area contributed by atoms with Gasteiger partial charge in [0.1, 0.15) is 0 Å². The zero-order valence-electron chi connectivity index (χ0n) is 54.3. The van der Waals surface area contributed by atoms with Crippen molar-refractivity contribution in [2.24, 2.45) is 0 Å². The van der Waals surface area contributed by atoms with Crippen molar-refractivity contribution in [2.75, 3.05) is 13.2 Å². The Morgan fingerprint density at radius 2 is 0.642 bits per heavy atom. The molecule has 1 amide bonds. The molecule has 2 atom stereocenters. The summed E-state index contributed by atoms with van der Waals surface area (Å²) in [6, 6.07) is -0.627. The second-order valence-corrected chi connectivity index (χ2v) is 24.6. The largest absolute Gasteiger partial charge is 0.466 e. The quantitative estimate of drug-likeness (QED) is 0.0320. The molecule has 0 bridgehead atoms. The Bertz CT molecular complexity index is 1400. The minimum absolute atomic E-state index is 0.000915. The van der Waals surface area contributed by atoms with Crippen LogP contribution in [-0.4, -0.2) is 47.4 Å².